The summed E-state index contributed by atoms with van der Waals surface area (Å²) in [6, 6.07) is 6.99. The third-order valence-corrected chi connectivity index (χ3v) is 2.81. The average molecular weight is 299 g/mol. The number of nitrogens with one attached hydrogen (secondary N) is 2. The van der Waals surface area contributed by atoms with E-state index in [2.05, 4.69) is 36.2 Å². The number of aromatic nitrogens is 2. The van der Waals surface area contributed by atoms with Crippen molar-refractivity contribution < 1.29 is 4.79 Å². The van der Waals surface area contributed by atoms with Crippen molar-refractivity contribution in [2.45, 2.75) is 0 Å². The van der Waals surface area contributed by atoms with Crippen LogP contribution in [0.5, 0.6) is 0 Å². The fourth-order valence-corrected chi connectivity index (χ4v) is 1.71. The average Bonchev–Trinajstić information content (AvgIpc) is 2.74. The first-order chi connectivity index (χ1) is 7.74. The molecular weight excluding hydrogens is 292 g/mol. The van der Waals surface area contributed by atoms with Crippen molar-refractivity contribution in [1.82, 2.24) is 9.59 Å². The number of nitrogens with zero attached hydrogens (tertiary/aromatic N) is 2. The van der Waals surface area contributed by atoms with Gasteiger partial charge in [-0.15, -0.1) is 5.10 Å². The Kier molecular flexibility index (Phi) is 3.47. The van der Waals surface area contributed by atoms with Crippen LogP contribution >= 0.6 is 27.5 Å². The van der Waals surface area contributed by atoms with Crippen LogP contribution in [0.25, 0.3) is 0 Å². The summed E-state index contributed by atoms with van der Waals surface area (Å²) < 4.78 is 4.60. The van der Waals surface area contributed by atoms with Crippen LogP contribution in [0.1, 0.15) is 0 Å². The number of hydrogen-bond acceptors (Lipinski definition) is 4. The van der Waals surface area contributed by atoms with Gasteiger partial charge in [-0.25, -0.2) is 4.79 Å². The minimum absolute atomic E-state index is 0.312. The summed E-state index contributed by atoms with van der Waals surface area (Å²) in [4.78, 5) is 11.5. The molecule has 0 radical (unpaired) electrons. The molecule has 1 aromatic heterocycles. The Labute approximate surface area is 104 Å². The molecule has 0 aliphatic carbocycles. The van der Waals surface area contributed by atoms with Crippen LogP contribution in [-0.2, 0) is 0 Å². The largest absolute Gasteiger partial charge is 0.324 e. The van der Waals surface area contributed by atoms with E-state index in [0.29, 0.717) is 5.00 Å². The van der Waals surface area contributed by atoms with Gasteiger partial charge in [-0.05, 0) is 24.3 Å². The normalized spacial score (nSPS) is 9.81. The minimum Gasteiger partial charge on any atom is -0.308 e. The summed E-state index contributed by atoms with van der Waals surface area (Å²) in [6.07, 6.45) is 1.49. The number of urea groups is 1. The maximum absolute atomic E-state index is 11.5. The molecule has 0 saturated heterocycles. The van der Waals surface area contributed by atoms with Crippen molar-refractivity contribution in [2.24, 2.45) is 0 Å². The predicted octanol–water partition coefficient (Wildman–Crippen LogP) is 2.94. The van der Waals surface area contributed by atoms with E-state index in [4.69, 9.17) is 0 Å². The molecule has 2 amide bonds. The highest BCUT2D eigenvalue weighted by Gasteiger charge is 2.03. The summed E-state index contributed by atoms with van der Waals surface area (Å²) in [5, 5.41) is 9.52. The van der Waals surface area contributed by atoms with Gasteiger partial charge in [0.2, 0.25) is 0 Å². The zero-order valence-electron chi connectivity index (χ0n) is 7.98. The van der Waals surface area contributed by atoms with Crippen LogP contribution in [-0.4, -0.2) is 15.6 Å². The Bertz CT molecular complexity index is 471. The summed E-state index contributed by atoms with van der Waals surface area (Å²) in [5.74, 6) is 0. The fourth-order valence-electron chi connectivity index (χ4n) is 1.03. The maximum Gasteiger partial charge on any atom is 0.324 e. The molecule has 0 spiro atoms. The zero-order valence-corrected chi connectivity index (χ0v) is 10.4. The number of hydrogen-bond donors (Lipinski definition) is 2. The van der Waals surface area contributed by atoms with Gasteiger partial charge in [0.05, 0.1) is 6.20 Å². The number of carbonyl (C=O) groups excluding carboxylic acids is 1. The lowest BCUT2D eigenvalue weighted by atomic mass is 10.3. The van der Waals surface area contributed by atoms with E-state index in [0.717, 1.165) is 21.7 Å². The molecule has 2 aromatic rings. The monoisotopic (exact) mass is 298 g/mol. The highest BCUT2D eigenvalue weighted by Crippen LogP contribution is 2.15. The van der Waals surface area contributed by atoms with Crippen molar-refractivity contribution in [3.05, 3.63) is 34.9 Å². The van der Waals surface area contributed by atoms with Gasteiger partial charge >= 0.3 is 6.03 Å². The highest BCUT2D eigenvalue weighted by molar-refractivity contribution is 9.10. The van der Waals surface area contributed by atoms with Gasteiger partial charge in [-0.1, -0.05) is 20.4 Å². The third kappa shape index (κ3) is 3.01. The van der Waals surface area contributed by atoms with E-state index < -0.39 is 0 Å². The molecule has 0 aliphatic heterocycles. The van der Waals surface area contributed by atoms with Gasteiger partial charge in [0.25, 0.3) is 0 Å². The van der Waals surface area contributed by atoms with E-state index in [9.17, 15) is 4.79 Å². The molecule has 2 N–H and O–H groups in total. The lowest BCUT2D eigenvalue weighted by molar-refractivity contribution is 0.262. The molecule has 1 aromatic carbocycles. The Balaban J connectivity index is 1.95. The smallest absolute Gasteiger partial charge is 0.308 e. The molecule has 0 fully saturated rings. The Morgan fingerprint density at radius 2 is 2.00 bits per heavy atom. The molecule has 2 rings (SSSR count). The van der Waals surface area contributed by atoms with E-state index >= 15 is 0 Å². The summed E-state index contributed by atoms with van der Waals surface area (Å²) in [7, 11) is 0. The van der Waals surface area contributed by atoms with Crippen LogP contribution in [0.3, 0.4) is 0 Å². The van der Waals surface area contributed by atoms with E-state index in [-0.39, 0.29) is 6.03 Å². The van der Waals surface area contributed by atoms with Crippen molar-refractivity contribution in [2.75, 3.05) is 10.6 Å². The molecule has 0 atom stereocenters. The van der Waals surface area contributed by atoms with E-state index in [1.165, 1.54) is 6.20 Å². The van der Waals surface area contributed by atoms with Crippen molar-refractivity contribution in [3.8, 4) is 0 Å². The van der Waals surface area contributed by atoms with Gasteiger partial charge in [0, 0.05) is 21.7 Å². The third-order valence-electron chi connectivity index (χ3n) is 1.70. The van der Waals surface area contributed by atoms with Gasteiger partial charge in [0.1, 0.15) is 5.00 Å². The van der Waals surface area contributed by atoms with Crippen LogP contribution in [0, 0.1) is 0 Å². The second kappa shape index (κ2) is 5.04. The van der Waals surface area contributed by atoms with Gasteiger partial charge in [-0.3, -0.25) is 5.32 Å². The zero-order chi connectivity index (χ0) is 11.4. The van der Waals surface area contributed by atoms with Gasteiger partial charge < -0.3 is 5.32 Å². The van der Waals surface area contributed by atoms with E-state index in [1.807, 2.05) is 12.1 Å². The molecule has 82 valence electrons. The number of halogens is 1. The Morgan fingerprint density at radius 1 is 1.25 bits per heavy atom. The summed E-state index contributed by atoms with van der Waals surface area (Å²) in [5.41, 5.74) is 0.721. The van der Waals surface area contributed by atoms with Crippen LogP contribution in [0.4, 0.5) is 15.5 Å². The minimum atomic E-state index is -0.312. The number of anilines is 2. The Hall–Kier alpha value is -1.47. The van der Waals surface area contributed by atoms with E-state index in [1.54, 1.807) is 12.1 Å². The first-order valence-electron chi connectivity index (χ1n) is 4.35. The predicted molar refractivity (Wildman–Crippen MR) is 66.7 cm³/mol. The Morgan fingerprint density at radius 3 is 2.62 bits per heavy atom. The second-order valence-electron chi connectivity index (χ2n) is 2.87. The van der Waals surface area contributed by atoms with Crippen LogP contribution < -0.4 is 10.6 Å². The SMILES string of the molecule is O=C(Nc1ccc(Br)cc1)Nc1cnns1. The number of benzene rings is 1. The topological polar surface area (TPSA) is 66.9 Å². The van der Waals surface area contributed by atoms with Crippen molar-refractivity contribution in [3.63, 3.8) is 0 Å². The molecule has 0 saturated carbocycles. The maximum atomic E-state index is 11.5. The molecule has 0 aliphatic rings. The molecule has 7 heteroatoms. The number of carbonyl (C=O) groups is 1. The van der Waals surface area contributed by atoms with Crippen LogP contribution in [0.2, 0.25) is 0 Å². The number of amides is 2. The first-order valence-corrected chi connectivity index (χ1v) is 5.91. The quantitative estimate of drug-likeness (QED) is 0.896. The second-order valence-corrected chi connectivity index (χ2v) is 4.57. The lowest BCUT2D eigenvalue weighted by Crippen LogP contribution is -2.18. The fraction of sp³-hybridized carbons (Fsp3) is 0. The lowest BCUT2D eigenvalue weighted by Gasteiger charge is -2.04. The molecular formula is C9H7BrN4OS. The molecule has 0 unspecified atom stereocenters. The molecule has 16 heavy (non-hydrogen) atoms. The molecule has 5 nitrogen and oxygen atoms in total. The number of rotatable bonds is 2. The van der Waals surface area contributed by atoms with Crippen molar-refractivity contribution >= 4 is 44.2 Å². The van der Waals surface area contributed by atoms with Crippen LogP contribution in [0.15, 0.2) is 34.9 Å². The van der Waals surface area contributed by atoms with Gasteiger partial charge in [-0.2, -0.15) is 0 Å². The first kappa shape index (κ1) is 11.0. The highest BCUT2D eigenvalue weighted by atomic mass is 79.9. The molecule has 0 bridgehead atoms. The summed E-state index contributed by atoms with van der Waals surface area (Å²) >= 11 is 4.44. The van der Waals surface area contributed by atoms with Gasteiger partial charge in [0.15, 0.2) is 0 Å². The standard InChI is InChI=1S/C9H7BrN4OS/c10-6-1-3-7(4-2-6)12-9(15)13-8-5-11-14-16-8/h1-5H,(H2,12,13,15). The summed E-state index contributed by atoms with van der Waals surface area (Å²) in [6.45, 7) is 0. The van der Waals surface area contributed by atoms with Crippen molar-refractivity contribution in [1.29, 1.82) is 0 Å². The molecule has 1 heterocycles.